The van der Waals surface area contributed by atoms with Crippen molar-refractivity contribution in [3.63, 3.8) is 0 Å². The summed E-state index contributed by atoms with van der Waals surface area (Å²) < 4.78 is 5.36. The number of fused-ring (bicyclic) bond motifs is 1. The summed E-state index contributed by atoms with van der Waals surface area (Å²) in [5.74, 6) is 0.626. The van der Waals surface area contributed by atoms with Crippen LogP contribution in [0.2, 0.25) is 0 Å². The summed E-state index contributed by atoms with van der Waals surface area (Å²) in [6.07, 6.45) is 2.34. The molecule has 0 aliphatic carbocycles. The SMILES string of the molecule is COc1ccccc1CCNC(=O)C1CCCN(C(=O)c2cc3ccccc3[nH]2)C1. The molecule has 1 unspecified atom stereocenters. The summed E-state index contributed by atoms with van der Waals surface area (Å²) in [4.78, 5) is 30.6. The molecule has 1 aliphatic rings. The second-order valence-electron chi connectivity index (χ2n) is 7.71. The van der Waals surface area contributed by atoms with Crippen molar-refractivity contribution in [2.45, 2.75) is 19.3 Å². The Labute approximate surface area is 176 Å². The number of para-hydroxylation sites is 2. The van der Waals surface area contributed by atoms with Gasteiger partial charge in [-0.25, -0.2) is 0 Å². The van der Waals surface area contributed by atoms with Crippen LogP contribution in [0.25, 0.3) is 10.9 Å². The van der Waals surface area contributed by atoms with E-state index in [9.17, 15) is 9.59 Å². The van der Waals surface area contributed by atoms with Crippen molar-refractivity contribution < 1.29 is 14.3 Å². The summed E-state index contributed by atoms with van der Waals surface area (Å²) in [5.41, 5.74) is 2.59. The molecule has 2 heterocycles. The molecule has 2 amide bonds. The minimum Gasteiger partial charge on any atom is -0.496 e. The molecule has 1 atom stereocenters. The molecule has 1 fully saturated rings. The molecule has 1 saturated heterocycles. The van der Waals surface area contributed by atoms with Gasteiger partial charge in [0.1, 0.15) is 11.4 Å². The fourth-order valence-corrected chi connectivity index (χ4v) is 4.11. The van der Waals surface area contributed by atoms with Crippen molar-refractivity contribution >= 4 is 22.7 Å². The highest BCUT2D eigenvalue weighted by molar-refractivity contribution is 5.98. The zero-order valence-corrected chi connectivity index (χ0v) is 17.2. The Kier molecular flexibility index (Phi) is 6.02. The Hall–Kier alpha value is -3.28. The van der Waals surface area contributed by atoms with Crippen LogP contribution in [0.5, 0.6) is 5.75 Å². The Bertz CT molecular complexity index is 1010. The third kappa shape index (κ3) is 4.32. The van der Waals surface area contributed by atoms with E-state index in [1.54, 1.807) is 12.0 Å². The number of hydrogen-bond acceptors (Lipinski definition) is 3. The molecule has 30 heavy (non-hydrogen) atoms. The maximum atomic E-state index is 13.0. The lowest BCUT2D eigenvalue weighted by Crippen LogP contribution is -2.45. The van der Waals surface area contributed by atoms with Crippen LogP contribution in [-0.2, 0) is 11.2 Å². The summed E-state index contributed by atoms with van der Waals surface area (Å²) in [6.45, 7) is 1.68. The molecule has 1 aliphatic heterocycles. The van der Waals surface area contributed by atoms with E-state index in [4.69, 9.17) is 4.74 Å². The van der Waals surface area contributed by atoms with E-state index in [0.29, 0.717) is 31.7 Å². The normalized spacial score (nSPS) is 16.4. The molecule has 0 bridgehead atoms. The zero-order chi connectivity index (χ0) is 20.9. The first kappa shape index (κ1) is 20.0. The van der Waals surface area contributed by atoms with Crippen LogP contribution in [0, 0.1) is 5.92 Å². The van der Waals surface area contributed by atoms with E-state index in [0.717, 1.165) is 35.1 Å². The highest BCUT2D eigenvalue weighted by Gasteiger charge is 2.29. The number of H-pyrrole nitrogens is 1. The quantitative estimate of drug-likeness (QED) is 0.660. The Balaban J connectivity index is 1.33. The van der Waals surface area contributed by atoms with Crippen molar-refractivity contribution in [1.29, 1.82) is 0 Å². The van der Waals surface area contributed by atoms with Gasteiger partial charge in [-0.15, -0.1) is 0 Å². The number of nitrogens with one attached hydrogen (secondary N) is 2. The van der Waals surface area contributed by atoms with Crippen molar-refractivity contribution in [1.82, 2.24) is 15.2 Å². The van der Waals surface area contributed by atoms with Crippen molar-refractivity contribution in [3.8, 4) is 5.75 Å². The van der Waals surface area contributed by atoms with E-state index < -0.39 is 0 Å². The van der Waals surface area contributed by atoms with Gasteiger partial charge >= 0.3 is 0 Å². The molecular formula is C24H27N3O3. The first-order valence-electron chi connectivity index (χ1n) is 10.4. The van der Waals surface area contributed by atoms with Crippen LogP contribution in [0.4, 0.5) is 0 Å². The largest absolute Gasteiger partial charge is 0.496 e. The maximum absolute atomic E-state index is 13.0. The third-order valence-corrected chi connectivity index (χ3v) is 5.73. The van der Waals surface area contributed by atoms with Gasteiger partial charge in [-0.05, 0) is 43.0 Å². The number of methoxy groups -OCH3 is 1. The lowest BCUT2D eigenvalue weighted by atomic mass is 9.96. The van der Waals surface area contributed by atoms with Gasteiger partial charge in [-0.2, -0.15) is 0 Å². The summed E-state index contributed by atoms with van der Waals surface area (Å²) >= 11 is 0. The minimum absolute atomic E-state index is 0.0130. The fourth-order valence-electron chi connectivity index (χ4n) is 4.11. The average molecular weight is 405 g/mol. The van der Waals surface area contributed by atoms with Gasteiger partial charge in [-0.3, -0.25) is 9.59 Å². The summed E-state index contributed by atoms with van der Waals surface area (Å²) in [5, 5.41) is 4.05. The molecule has 6 heteroatoms. The van der Waals surface area contributed by atoms with E-state index >= 15 is 0 Å². The number of piperidine rings is 1. The number of aromatic nitrogens is 1. The van der Waals surface area contributed by atoms with Gasteiger partial charge in [0, 0.05) is 30.5 Å². The highest BCUT2D eigenvalue weighted by atomic mass is 16.5. The zero-order valence-electron chi connectivity index (χ0n) is 17.2. The molecule has 156 valence electrons. The number of rotatable bonds is 6. The number of benzene rings is 2. The van der Waals surface area contributed by atoms with Crippen LogP contribution in [0.3, 0.4) is 0 Å². The van der Waals surface area contributed by atoms with Gasteiger partial charge < -0.3 is 19.9 Å². The average Bonchev–Trinajstić information content (AvgIpc) is 3.23. The van der Waals surface area contributed by atoms with Crippen molar-refractivity contribution in [3.05, 3.63) is 65.9 Å². The molecule has 6 nitrogen and oxygen atoms in total. The van der Waals surface area contributed by atoms with Crippen LogP contribution in [0.15, 0.2) is 54.6 Å². The van der Waals surface area contributed by atoms with Crippen molar-refractivity contribution in [2.24, 2.45) is 5.92 Å². The van der Waals surface area contributed by atoms with Crippen LogP contribution >= 0.6 is 0 Å². The number of amides is 2. The fraction of sp³-hybridized carbons (Fsp3) is 0.333. The second-order valence-corrected chi connectivity index (χ2v) is 7.71. The number of carbonyl (C=O) groups excluding carboxylic acids is 2. The first-order valence-corrected chi connectivity index (χ1v) is 10.4. The second kappa shape index (κ2) is 9.03. The van der Waals surface area contributed by atoms with Gasteiger partial charge in [0.25, 0.3) is 5.91 Å². The molecule has 4 rings (SSSR count). The van der Waals surface area contributed by atoms with Crippen LogP contribution < -0.4 is 10.1 Å². The number of nitrogens with zero attached hydrogens (tertiary/aromatic N) is 1. The van der Waals surface area contributed by atoms with Crippen molar-refractivity contribution in [2.75, 3.05) is 26.7 Å². The predicted octanol–water partition coefficient (Wildman–Crippen LogP) is 3.39. The lowest BCUT2D eigenvalue weighted by molar-refractivity contribution is -0.126. The Morgan fingerprint density at radius 3 is 2.80 bits per heavy atom. The molecule has 0 radical (unpaired) electrons. The molecule has 1 aromatic heterocycles. The summed E-state index contributed by atoms with van der Waals surface area (Å²) in [7, 11) is 1.65. The van der Waals surface area contributed by atoms with E-state index in [-0.39, 0.29) is 17.7 Å². The number of likely N-dealkylation sites (tertiary alicyclic amines) is 1. The Morgan fingerprint density at radius 2 is 1.97 bits per heavy atom. The van der Waals surface area contributed by atoms with Crippen LogP contribution in [0.1, 0.15) is 28.9 Å². The highest BCUT2D eigenvalue weighted by Crippen LogP contribution is 2.21. The molecule has 0 spiro atoms. The van der Waals surface area contributed by atoms with E-state index in [1.807, 2.05) is 54.6 Å². The number of carbonyl (C=O) groups is 2. The van der Waals surface area contributed by atoms with Gasteiger partial charge in [0.15, 0.2) is 0 Å². The van der Waals surface area contributed by atoms with E-state index in [2.05, 4.69) is 10.3 Å². The summed E-state index contributed by atoms with van der Waals surface area (Å²) in [6, 6.07) is 17.6. The van der Waals surface area contributed by atoms with Gasteiger partial charge in [-0.1, -0.05) is 36.4 Å². The molecular weight excluding hydrogens is 378 g/mol. The lowest BCUT2D eigenvalue weighted by Gasteiger charge is -2.31. The molecule has 0 saturated carbocycles. The third-order valence-electron chi connectivity index (χ3n) is 5.73. The topological polar surface area (TPSA) is 74.4 Å². The smallest absolute Gasteiger partial charge is 0.270 e. The number of hydrogen-bond donors (Lipinski definition) is 2. The van der Waals surface area contributed by atoms with Crippen LogP contribution in [-0.4, -0.2) is 48.4 Å². The maximum Gasteiger partial charge on any atom is 0.270 e. The predicted molar refractivity (Wildman–Crippen MR) is 117 cm³/mol. The van der Waals surface area contributed by atoms with E-state index in [1.165, 1.54) is 0 Å². The standard InChI is InChI=1S/C24H27N3O3/c1-30-22-11-5-3-7-17(22)12-13-25-23(28)19-9-6-14-27(16-19)24(29)21-15-18-8-2-4-10-20(18)26-21/h2-5,7-8,10-11,15,19,26H,6,9,12-14,16H2,1H3,(H,25,28). The van der Waals surface area contributed by atoms with Gasteiger partial charge in [0.2, 0.25) is 5.91 Å². The molecule has 2 aromatic carbocycles. The number of ether oxygens (including phenoxy) is 1. The van der Waals surface area contributed by atoms with Gasteiger partial charge in [0.05, 0.1) is 13.0 Å². The molecule has 3 aromatic rings. The monoisotopic (exact) mass is 405 g/mol. The minimum atomic E-state index is -0.176. The Morgan fingerprint density at radius 1 is 1.17 bits per heavy atom. The number of aromatic amines is 1. The first-order chi connectivity index (χ1) is 14.7. The molecule has 2 N–H and O–H groups in total.